The highest BCUT2D eigenvalue weighted by atomic mass is 16.5. The lowest BCUT2D eigenvalue weighted by Crippen LogP contribution is -2.60. The summed E-state index contributed by atoms with van der Waals surface area (Å²) < 4.78 is 16.3. The molecule has 7 nitrogen and oxygen atoms in total. The molecule has 0 unspecified atom stereocenters. The van der Waals surface area contributed by atoms with Gasteiger partial charge in [0.1, 0.15) is 0 Å². The molecule has 1 aromatic rings. The zero-order valence-corrected chi connectivity index (χ0v) is 21.3. The summed E-state index contributed by atoms with van der Waals surface area (Å²) in [5, 5.41) is 11.3. The maximum atomic E-state index is 13.0. The van der Waals surface area contributed by atoms with Gasteiger partial charge >= 0.3 is 5.97 Å². The number of hydrogen-bond acceptors (Lipinski definition) is 7. The molecule has 3 atom stereocenters. The average molecular weight is 484 g/mol. The summed E-state index contributed by atoms with van der Waals surface area (Å²) in [4.78, 5) is 27.7. The van der Waals surface area contributed by atoms with Crippen LogP contribution in [0, 0.1) is 5.92 Å². The number of likely N-dealkylation sites (tertiary alicyclic amines) is 1. The number of ether oxygens (including phenoxy) is 3. The molecule has 2 bridgehead atoms. The Kier molecular flexibility index (Phi) is 7.55. The number of esters is 1. The molecule has 7 heteroatoms. The van der Waals surface area contributed by atoms with Gasteiger partial charge in [-0.05, 0) is 62.2 Å². The first-order valence-electron chi connectivity index (χ1n) is 12.6. The van der Waals surface area contributed by atoms with Gasteiger partial charge in [0.25, 0.3) is 0 Å². The third-order valence-electron chi connectivity index (χ3n) is 8.01. The molecule has 2 aliphatic carbocycles. The number of carbonyl (C=O) groups is 2. The number of nitrogens with zero attached hydrogens (tertiary/aromatic N) is 1. The summed E-state index contributed by atoms with van der Waals surface area (Å²) in [5.74, 6) is 0.435. The quantitative estimate of drug-likeness (QED) is 0.321. The van der Waals surface area contributed by atoms with Crippen LogP contribution in [0.25, 0.3) is 6.08 Å². The van der Waals surface area contributed by atoms with E-state index < -0.39 is 5.41 Å². The minimum Gasteiger partial charge on any atom is -0.504 e. The Morgan fingerprint density at radius 1 is 1.26 bits per heavy atom. The second-order valence-corrected chi connectivity index (χ2v) is 9.95. The molecule has 0 saturated carbocycles. The largest absolute Gasteiger partial charge is 0.504 e. The fourth-order valence-corrected chi connectivity index (χ4v) is 6.19. The number of allylic oxidation sites excluding steroid dienone is 1. The SMILES string of the molecule is CCCCCCOC(=O)/C=C/c1cc(OC)c(O)c2c1C[C@H]1[C@H]3C=C(OC)C(=O)C[C@@]23CCN1C. The third kappa shape index (κ3) is 4.58. The van der Waals surface area contributed by atoms with E-state index in [-0.39, 0.29) is 35.9 Å². The standard InChI is InChI=1S/C28H37NO6/c1-5-6-7-8-13-35-25(31)10-9-18-14-24(34-4)27(32)26-19(18)15-21-20-16-23(33-3)22(30)17-28(20,26)11-12-29(21)2/h9-10,14,16,20-21,32H,5-8,11-13,15,17H2,1-4H3/b10-9+/t20-,21+,28-/m1/s1. The van der Waals surface area contributed by atoms with Gasteiger partial charge in [-0.3, -0.25) is 4.79 Å². The number of methoxy groups -OCH3 is 2. The summed E-state index contributed by atoms with van der Waals surface area (Å²) >= 11 is 0. The molecule has 0 spiro atoms. The van der Waals surface area contributed by atoms with Gasteiger partial charge in [-0.2, -0.15) is 0 Å². The summed E-state index contributed by atoms with van der Waals surface area (Å²) in [7, 11) is 5.15. The minimum absolute atomic E-state index is 0.0318. The van der Waals surface area contributed by atoms with Crippen LogP contribution in [0.4, 0.5) is 0 Å². The van der Waals surface area contributed by atoms with Crippen LogP contribution in [0.5, 0.6) is 11.5 Å². The van der Waals surface area contributed by atoms with Crippen molar-refractivity contribution in [1.29, 1.82) is 0 Å². The lowest BCUT2D eigenvalue weighted by molar-refractivity contribution is -0.137. The number of rotatable bonds is 9. The number of ketones is 1. The van der Waals surface area contributed by atoms with Gasteiger partial charge in [-0.1, -0.05) is 26.2 Å². The summed E-state index contributed by atoms with van der Waals surface area (Å²) in [6.45, 7) is 3.38. The Balaban J connectivity index is 1.72. The fraction of sp³-hybridized carbons (Fsp3) is 0.571. The smallest absolute Gasteiger partial charge is 0.330 e. The molecule has 4 rings (SSSR count). The van der Waals surface area contributed by atoms with Crippen molar-refractivity contribution >= 4 is 17.8 Å². The lowest BCUT2D eigenvalue weighted by atomic mass is 9.53. The molecule has 35 heavy (non-hydrogen) atoms. The monoisotopic (exact) mass is 483 g/mol. The molecule has 1 saturated heterocycles. The molecule has 0 amide bonds. The van der Waals surface area contributed by atoms with E-state index in [1.54, 1.807) is 12.1 Å². The van der Waals surface area contributed by atoms with Crippen LogP contribution in [0.1, 0.15) is 62.1 Å². The number of likely N-dealkylation sites (N-methyl/N-ethyl adjacent to an activating group) is 1. The van der Waals surface area contributed by atoms with E-state index in [2.05, 4.69) is 18.9 Å². The van der Waals surface area contributed by atoms with Crippen LogP contribution in [0.2, 0.25) is 0 Å². The highest BCUT2D eigenvalue weighted by Crippen LogP contribution is 2.58. The number of fused-ring (bicyclic) bond motifs is 1. The van der Waals surface area contributed by atoms with E-state index in [0.29, 0.717) is 24.5 Å². The number of benzene rings is 1. The minimum atomic E-state index is -0.537. The van der Waals surface area contributed by atoms with Crippen LogP contribution < -0.4 is 4.74 Å². The second kappa shape index (κ2) is 10.4. The molecule has 1 heterocycles. The molecular formula is C28H37NO6. The number of hydrogen-bond donors (Lipinski definition) is 1. The normalized spacial score (nSPS) is 25.6. The molecule has 1 aliphatic heterocycles. The Morgan fingerprint density at radius 3 is 2.77 bits per heavy atom. The van der Waals surface area contributed by atoms with Crippen molar-refractivity contribution in [3.63, 3.8) is 0 Å². The zero-order valence-electron chi connectivity index (χ0n) is 21.3. The maximum Gasteiger partial charge on any atom is 0.330 e. The predicted octanol–water partition coefficient (Wildman–Crippen LogP) is 4.15. The molecule has 3 aliphatic rings. The lowest BCUT2D eigenvalue weighted by Gasteiger charge is -2.56. The third-order valence-corrected chi connectivity index (χ3v) is 8.01. The van der Waals surface area contributed by atoms with Gasteiger partial charge in [-0.15, -0.1) is 0 Å². The van der Waals surface area contributed by atoms with E-state index in [1.165, 1.54) is 20.3 Å². The van der Waals surface area contributed by atoms with Gasteiger partial charge in [-0.25, -0.2) is 4.79 Å². The van der Waals surface area contributed by atoms with E-state index in [9.17, 15) is 14.7 Å². The van der Waals surface area contributed by atoms with Gasteiger partial charge in [0.15, 0.2) is 23.0 Å². The number of phenolic OH excluding ortho intramolecular Hbond substituents is 1. The Morgan fingerprint density at radius 2 is 2.06 bits per heavy atom. The number of Topliss-reactive ketones (excluding diaryl/α,β-unsaturated/α-hetero) is 1. The average Bonchev–Trinajstić information content (AvgIpc) is 2.84. The zero-order chi connectivity index (χ0) is 25.2. The number of piperidine rings is 1. The summed E-state index contributed by atoms with van der Waals surface area (Å²) in [6.07, 6.45) is 11.0. The van der Waals surface area contributed by atoms with Crippen LogP contribution >= 0.6 is 0 Å². The first-order valence-corrected chi connectivity index (χ1v) is 12.6. The van der Waals surface area contributed by atoms with Gasteiger partial charge in [0.05, 0.1) is 20.8 Å². The van der Waals surface area contributed by atoms with E-state index in [4.69, 9.17) is 14.2 Å². The Hall–Kier alpha value is -2.80. The number of aromatic hydroxyl groups is 1. The first-order chi connectivity index (χ1) is 16.9. The molecule has 1 fully saturated rings. The summed E-state index contributed by atoms with van der Waals surface area (Å²) in [5.41, 5.74) is 2.01. The maximum absolute atomic E-state index is 13.0. The van der Waals surface area contributed by atoms with Crippen LogP contribution in [0.15, 0.2) is 24.0 Å². The van der Waals surface area contributed by atoms with Gasteiger partial charge < -0.3 is 24.2 Å². The van der Waals surface area contributed by atoms with Crippen molar-refractivity contribution in [3.05, 3.63) is 40.7 Å². The summed E-state index contributed by atoms with van der Waals surface area (Å²) in [6, 6.07) is 1.92. The Bertz CT molecular complexity index is 1040. The van der Waals surface area contributed by atoms with Crippen molar-refractivity contribution in [2.45, 2.75) is 63.3 Å². The highest BCUT2D eigenvalue weighted by Gasteiger charge is 2.57. The van der Waals surface area contributed by atoms with Crippen LogP contribution in [-0.4, -0.2) is 62.2 Å². The number of phenols is 1. The molecular weight excluding hydrogens is 446 g/mol. The van der Waals surface area contributed by atoms with Crippen molar-refractivity contribution in [2.24, 2.45) is 5.92 Å². The number of unbranched alkanes of at least 4 members (excludes halogenated alkanes) is 3. The molecule has 0 aromatic heterocycles. The van der Waals surface area contributed by atoms with Gasteiger partial charge in [0.2, 0.25) is 0 Å². The van der Waals surface area contributed by atoms with E-state index in [0.717, 1.165) is 55.3 Å². The second-order valence-electron chi connectivity index (χ2n) is 9.95. The fourth-order valence-electron chi connectivity index (χ4n) is 6.19. The van der Waals surface area contributed by atoms with Crippen molar-refractivity contribution < 1.29 is 28.9 Å². The first kappa shape index (κ1) is 25.3. The van der Waals surface area contributed by atoms with Crippen LogP contribution in [0.3, 0.4) is 0 Å². The Labute approximate surface area is 207 Å². The molecule has 1 N–H and O–H groups in total. The van der Waals surface area contributed by atoms with Crippen molar-refractivity contribution in [3.8, 4) is 11.5 Å². The van der Waals surface area contributed by atoms with Crippen molar-refractivity contribution in [2.75, 3.05) is 34.4 Å². The number of carbonyl (C=O) groups excluding carboxylic acids is 2. The molecule has 0 radical (unpaired) electrons. The van der Waals surface area contributed by atoms with E-state index >= 15 is 0 Å². The van der Waals surface area contributed by atoms with Crippen molar-refractivity contribution in [1.82, 2.24) is 4.90 Å². The predicted molar refractivity (Wildman–Crippen MR) is 133 cm³/mol. The van der Waals surface area contributed by atoms with E-state index in [1.807, 2.05) is 6.08 Å². The highest BCUT2D eigenvalue weighted by molar-refractivity contribution is 5.96. The molecule has 190 valence electrons. The van der Waals surface area contributed by atoms with Gasteiger partial charge in [0, 0.05) is 35.4 Å². The topological polar surface area (TPSA) is 85.3 Å². The van der Waals surface area contributed by atoms with Crippen LogP contribution in [-0.2, 0) is 30.9 Å². The molecule has 1 aromatic carbocycles.